The van der Waals surface area contributed by atoms with Gasteiger partial charge in [0.25, 0.3) is 0 Å². The average Bonchev–Trinajstić information content (AvgIpc) is 2.84. The molecule has 0 spiro atoms. The van der Waals surface area contributed by atoms with Crippen LogP contribution in [0.1, 0.15) is 24.6 Å². The van der Waals surface area contributed by atoms with Gasteiger partial charge in [0, 0.05) is 47.3 Å². The van der Waals surface area contributed by atoms with Crippen molar-refractivity contribution in [3.63, 3.8) is 0 Å². The Bertz CT molecular complexity index is 527. The summed E-state index contributed by atoms with van der Waals surface area (Å²) in [5.74, 6) is 0.172. The molecular weight excluding hydrogens is 366 g/mol. The number of thiophene rings is 1. The topological polar surface area (TPSA) is 52.7 Å². The van der Waals surface area contributed by atoms with Crippen molar-refractivity contribution in [1.82, 2.24) is 15.1 Å². The number of likely N-dealkylation sites (N-methyl/N-ethyl adjacent to an activating group) is 1. The highest BCUT2D eigenvalue weighted by Crippen LogP contribution is 2.20. The SMILES string of the molecule is CC(=O)N1CCC(NC(=O)CN(C)Cc2cc(Br)cs2)CC1. The maximum Gasteiger partial charge on any atom is 0.234 e. The Kier molecular flexibility index (Phi) is 6.40. The Morgan fingerprint density at radius 2 is 2.14 bits per heavy atom. The van der Waals surface area contributed by atoms with E-state index >= 15 is 0 Å². The van der Waals surface area contributed by atoms with Gasteiger partial charge in [0.1, 0.15) is 0 Å². The number of carbonyl (C=O) groups excluding carboxylic acids is 2. The quantitative estimate of drug-likeness (QED) is 0.840. The van der Waals surface area contributed by atoms with Crippen molar-refractivity contribution in [2.45, 2.75) is 32.4 Å². The first-order chi connectivity index (χ1) is 10.4. The molecule has 0 bridgehead atoms. The summed E-state index contributed by atoms with van der Waals surface area (Å²) in [5, 5.41) is 5.12. The summed E-state index contributed by atoms with van der Waals surface area (Å²) < 4.78 is 1.09. The molecule has 1 aliphatic heterocycles. The van der Waals surface area contributed by atoms with Crippen LogP contribution >= 0.6 is 27.3 Å². The molecule has 0 unspecified atom stereocenters. The van der Waals surface area contributed by atoms with Crippen molar-refractivity contribution in [3.05, 3.63) is 20.8 Å². The monoisotopic (exact) mass is 387 g/mol. The van der Waals surface area contributed by atoms with Gasteiger partial charge in [-0.2, -0.15) is 0 Å². The summed E-state index contributed by atoms with van der Waals surface area (Å²) in [6, 6.07) is 2.27. The van der Waals surface area contributed by atoms with Crippen LogP contribution in [0, 0.1) is 0 Å². The highest BCUT2D eigenvalue weighted by atomic mass is 79.9. The summed E-state index contributed by atoms with van der Waals surface area (Å²) in [4.78, 5) is 28.5. The van der Waals surface area contributed by atoms with Crippen LogP contribution < -0.4 is 5.32 Å². The molecular formula is C15H22BrN3O2S. The largest absolute Gasteiger partial charge is 0.352 e. The number of amides is 2. The zero-order chi connectivity index (χ0) is 16.1. The number of piperidine rings is 1. The van der Waals surface area contributed by atoms with Gasteiger partial charge in [-0.1, -0.05) is 0 Å². The molecule has 0 saturated carbocycles. The van der Waals surface area contributed by atoms with Gasteiger partial charge in [-0.3, -0.25) is 14.5 Å². The van der Waals surface area contributed by atoms with Crippen molar-refractivity contribution in [3.8, 4) is 0 Å². The average molecular weight is 388 g/mol. The molecule has 2 heterocycles. The number of likely N-dealkylation sites (tertiary alicyclic amines) is 1. The molecule has 1 aromatic heterocycles. The molecule has 0 radical (unpaired) electrons. The fraction of sp³-hybridized carbons (Fsp3) is 0.600. The lowest BCUT2D eigenvalue weighted by molar-refractivity contribution is -0.130. The van der Waals surface area contributed by atoms with E-state index in [4.69, 9.17) is 0 Å². The van der Waals surface area contributed by atoms with E-state index in [0.717, 1.165) is 36.9 Å². The van der Waals surface area contributed by atoms with Crippen molar-refractivity contribution in [2.75, 3.05) is 26.7 Å². The number of nitrogens with zero attached hydrogens (tertiary/aromatic N) is 2. The highest BCUT2D eigenvalue weighted by Gasteiger charge is 2.22. The molecule has 122 valence electrons. The van der Waals surface area contributed by atoms with Crippen molar-refractivity contribution >= 4 is 39.1 Å². The summed E-state index contributed by atoms with van der Waals surface area (Å²) in [7, 11) is 1.95. The van der Waals surface area contributed by atoms with Crippen LogP contribution in [0.4, 0.5) is 0 Å². The molecule has 1 aromatic rings. The van der Waals surface area contributed by atoms with Crippen molar-refractivity contribution in [2.24, 2.45) is 0 Å². The number of nitrogens with one attached hydrogen (secondary N) is 1. The molecule has 1 fully saturated rings. The molecule has 1 N–H and O–H groups in total. The predicted molar refractivity (Wildman–Crippen MR) is 91.8 cm³/mol. The second-order valence-corrected chi connectivity index (χ2v) is 7.66. The summed E-state index contributed by atoms with van der Waals surface area (Å²) in [6.45, 7) is 4.23. The van der Waals surface area contributed by atoms with Crippen molar-refractivity contribution in [1.29, 1.82) is 0 Å². The minimum Gasteiger partial charge on any atom is -0.352 e. The molecule has 0 atom stereocenters. The molecule has 2 rings (SSSR count). The van der Waals surface area contributed by atoms with Crippen LogP contribution in [0.5, 0.6) is 0 Å². The standard InChI is InChI=1S/C15H22BrN3O2S/c1-11(20)19-5-3-13(4-6-19)17-15(21)9-18(2)8-14-7-12(16)10-22-14/h7,10,13H,3-6,8-9H2,1-2H3,(H,17,21). The van der Waals surface area contributed by atoms with Gasteiger partial charge >= 0.3 is 0 Å². The maximum absolute atomic E-state index is 12.1. The Morgan fingerprint density at radius 3 is 2.68 bits per heavy atom. The van der Waals surface area contributed by atoms with Gasteiger partial charge in [-0.15, -0.1) is 11.3 Å². The van der Waals surface area contributed by atoms with Crippen LogP contribution in [-0.2, 0) is 16.1 Å². The lowest BCUT2D eigenvalue weighted by Crippen LogP contribution is -2.47. The predicted octanol–water partition coefficient (Wildman–Crippen LogP) is 2.07. The Hall–Kier alpha value is -0.920. The van der Waals surface area contributed by atoms with Crippen LogP contribution in [0.2, 0.25) is 0 Å². The van der Waals surface area contributed by atoms with Gasteiger partial charge in [-0.05, 0) is 41.9 Å². The van der Waals surface area contributed by atoms with Gasteiger partial charge in [0.05, 0.1) is 6.54 Å². The molecule has 2 amide bonds. The van der Waals surface area contributed by atoms with Crippen molar-refractivity contribution < 1.29 is 9.59 Å². The van der Waals surface area contributed by atoms with Gasteiger partial charge in [0.2, 0.25) is 11.8 Å². The van der Waals surface area contributed by atoms with E-state index in [0.29, 0.717) is 6.54 Å². The van der Waals surface area contributed by atoms with Gasteiger partial charge in [-0.25, -0.2) is 0 Å². The molecule has 1 aliphatic rings. The lowest BCUT2D eigenvalue weighted by atomic mass is 10.1. The molecule has 5 nitrogen and oxygen atoms in total. The zero-order valence-corrected chi connectivity index (χ0v) is 15.4. The van der Waals surface area contributed by atoms with E-state index < -0.39 is 0 Å². The smallest absolute Gasteiger partial charge is 0.234 e. The number of hydrogen-bond donors (Lipinski definition) is 1. The lowest BCUT2D eigenvalue weighted by Gasteiger charge is -2.32. The zero-order valence-electron chi connectivity index (χ0n) is 13.0. The number of hydrogen-bond acceptors (Lipinski definition) is 4. The fourth-order valence-electron chi connectivity index (χ4n) is 2.62. The van der Waals surface area contributed by atoms with Crippen LogP contribution in [0.15, 0.2) is 15.9 Å². The van der Waals surface area contributed by atoms with Crippen LogP contribution in [-0.4, -0.2) is 54.3 Å². The second-order valence-electron chi connectivity index (χ2n) is 5.75. The Labute approximate surface area is 143 Å². The first kappa shape index (κ1) is 17.4. The van der Waals surface area contributed by atoms with Gasteiger partial charge in [0.15, 0.2) is 0 Å². The molecule has 1 saturated heterocycles. The Balaban J connectivity index is 1.70. The van der Waals surface area contributed by atoms with Crippen LogP contribution in [0.25, 0.3) is 0 Å². The maximum atomic E-state index is 12.1. The third kappa shape index (κ3) is 5.37. The third-order valence-corrected chi connectivity index (χ3v) is 5.45. The van der Waals surface area contributed by atoms with E-state index in [1.165, 1.54) is 4.88 Å². The van der Waals surface area contributed by atoms with E-state index in [2.05, 4.69) is 27.3 Å². The molecule has 0 aromatic carbocycles. The molecule has 0 aliphatic carbocycles. The second kappa shape index (κ2) is 8.08. The van der Waals surface area contributed by atoms with E-state index in [9.17, 15) is 9.59 Å². The number of carbonyl (C=O) groups is 2. The summed E-state index contributed by atoms with van der Waals surface area (Å²) in [5.41, 5.74) is 0. The highest BCUT2D eigenvalue weighted by molar-refractivity contribution is 9.10. The fourth-order valence-corrected chi connectivity index (χ4v) is 4.15. The van der Waals surface area contributed by atoms with E-state index in [1.54, 1.807) is 18.3 Å². The summed E-state index contributed by atoms with van der Waals surface area (Å²) in [6.07, 6.45) is 1.68. The van der Waals surface area contributed by atoms with Crippen LogP contribution in [0.3, 0.4) is 0 Å². The first-order valence-corrected chi connectivity index (χ1v) is 9.07. The third-order valence-electron chi connectivity index (χ3n) is 3.77. The van der Waals surface area contributed by atoms with E-state index in [-0.39, 0.29) is 17.9 Å². The number of rotatable bonds is 5. The van der Waals surface area contributed by atoms with Gasteiger partial charge < -0.3 is 10.2 Å². The van der Waals surface area contributed by atoms with E-state index in [1.807, 2.05) is 22.2 Å². The normalized spacial score (nSPS) is 16.1. The Morgan fingerprint density at radius 1 is 1.45 bits per heavy atom. The first-order valence-electron chi connectivity index (χ1n) is 7.40. The minimum absolute atomic E-state index is 0.0550. The number of halogens is 1. The molecule has 7 heteroatoms. The summed E-state index contributed by atoms with van der Waals surface area (Å²) >= 11 is 5.12. The minimum atomic E-state index is 0.0550. The molecule has 22 heavy (non-hydrogen) atoms.